The highest BCUT2D eigenvalue weighted by atomic mass is 19.1. The first-order valence-corrected chi connectivity index (χ1v) is 5.50. The quantitative estimate of drug-likeness (QED) is 0.826. The maximum atomic E-state index is 13.5. The molecule has 0 saturated heterocycles. The zero-order chi connectivity index (χ0) is 13.0. The van der Waals surface area contributed by atoms with Crippen LogP contribution in [0.3, 0.4) is 0 Å². The lowest BCUT2D eigenvalue weighted by molar-refractivity contribution is 0.566. The van der Waals surface area contributed by atoms with Gasteiger partial charge in [0.15, 0.2) is 0 Å². The zero-order valence-corrected chi connectivity index (χ0v) is 9.74. The second-order valence-corrected chi connectivity index (χ2v) is 3.78. The van der Waals surface area contributed by atoms with Crippen molar-refractivity contribution in [1.82, 2.24) is 9.55 Å². The van der Waals surface area contributed by atoms with Crippen LogP contribution in [0.4, 0.5) is 14.7 Å². The lowest BCUT2D eigenvalue weighted by atomic mass is 10.2. The van der Waals surface area contributed by atoms with Crippen molar-refractivity contribution in [3.63, 3.8) is 0 Å². The summed E-state index contributed by atoms with van der Waals surface area (Å²) < 4.78 is 28.1. The van der Waals surface area contributed by atoms with Gasteiger partial charge in [-0.15, -0.1) is 6.58 Å². The number of benzene rings is 1. The second kappa shape index (κ2) is 5.44. The lowest BCUT2D eigenvalue weighted by Crippen LogP contribution is -2.08. The molecule has 1 aromatic heterocycles. The Morgan fingerprint density at radius 1 is 1.39 bits per heavy atom. The fraction of sp³-hybridized carbons (Fsp3) is 0.154. The van der Waals surface area contributed by atoms with Crippen molar-refractivity contribution in [3.8, 4) is 0 Å². The van der Waals surface area contributed by atoms with Crippen molar-refractivity contribution in [1.29, 1.82) is 0 Å². The number of rotatable bonds is 5. The van der Waals surface area contributed by atoms with Crippen LogP contribution in [0.25, 0.3) is 0 Å². The van der Waals surface area contributed by atoms with Crippen LogP contribution in [-0.4, -0.2) is 16.1 Å². The monoisotopic (exact) mass is 249 g/mol. The molecule has 0 radical (unpaired) electrons. The Kier molecular flexibility index (Phi) is 3.72. The number of halogens is 2. The molecule has 94 valence electrons. The molecule has 1 aromatic carbocycles. The van der Waals surface area contributed by atoms with Crippen LogP contribution in [0.1, 0.15) is 5.56 Å². The van der Waals surface area contributed by atoms with Crippen molar-refractivity contribution in [2.45, 2.75) is 6.54 Å². The summed E-state index contributed by atoms with van der Waals surface area (Å²) in [5.74, 6) is -0.510. The third kappa shape index (κ3) is 2.74. The van der Waals surface area contributed by atoms with E-state index in [2.05, 4.69) is 16.9 Å². The molecule has 3 nitrogen and oxygen atoms in total. The molecule has 5 heteroatoms. The molecule has 0 bridgehead atoms. The molecule has 18 heavy (non-hydrogen) atoms. The fourth-order valence-corrected chi connectivity index (χ4v) is 1.60. The van der Waals surface area contributed by atoms with Crippen LogP contribution in [0.2, 0.25) is 0 Å². The van der Waals surface area contributed by atoms with Crippen molar-refractivity contribution in [3.05, 3.63) is 60.4 Å². The summed E-state index contributed by atoms with van der Waals surface area (Å²) in [4.78, 5) is 4.10. The van der Waals surface area contributed by atoms with Gasteiger partial charge in [-0.1, -0.05) is 12.1 Å². The Hall–Kier alpha value is -2.17. The highest BCUT2D eigenvalue weighted by Crippen LogP contribution is 2.13. The summed E-state index contributed by atoms with van der Waals surface area (Å²) in [5, 5.41) is 3.03. The first kappa shape index (κ1) is 12.3. The van der Waals surface area contributed by atoms with Gasteiger partial charge in [-0.25, -0.2) is 13.8 Å². The van der Waals surface area contributed by atoms with Gasteiger partial charge in [0.2, 0.25) is 5.95 Å². The van der Waals surface area contributed by atoms with Crippen molar-refractivity contribution in [2.75, 3.05) is 11.9 Å². The van der Waals surface area contributed by atoms with Crippen LogP contribution < -0.4 is 5.32 Å². The van der Waals surface area contributed by atoms with E-state index >= 15 is 0 Å². The van der Waals surface area contributed by atoms with E-state index in [4.69, 9.17) is 0 Å². The summed E-state index contributed by atoms with van der Waals surface area (Å²) in [6, 6.07) is 3.55. The number of aromatic nitrogens is 2. The van der Waals surface area contributed by atoms with E-state index in [1.807, 2.05) is 0 Å². The Balaban J connectivity index is 2.18. The van der Waals surface area contributed by atoms with Gasteiger partial charge in [0.1, 0.15) is 11.6 Å². The molecule has 0 unspecified atom stereocenters. The molecule has 0 amide bonds. The van der Waals surface area contributed by atoms with Gasteiger partial charge in [-0.05, 0) is 6.07 Å². The molecule has 2 aromatic rings. The minimum absolute atomic E-state index is 0.297. The number of anilines is 1. The van der Waals surface area contributed by atoms with Gasteiger partial charge in [0, 0.05) is 30.6 Å². The molecule has 1 heterocycles. The van der Waals surface area contributed by atoms with E-state index in [1.165, 1.54) is 12.1 Å². The molecule has 2 rings (SSSR count). The van der Waals surface area contributed by atoms with Crippen LogP contribution in [0, 0.1) is 11.6 Å². The van der Waals surface area contributed by atoms with Gasteiger partial charge in [0.25, 0.3) is 0 Å². The van der Waals surface area contributed by atoms with Crippen LogP contribution in [-0.2, 0) is 6.54 Å². The Morgan fingerprint density at radius 2 is 2.22 bits per heavy atom. The highest BCUT2D eigenvalue weighted by molar-refractivity contribution is 5.29. The Labute approximate surface area is 104 Å². The van der Waals surface area contributed by atoms with Gasteiger partial charge >= 0.3 is 0 Å². The topological polar surface area (TPSA) is 29.9 Å². The highest BCUT2D eigenvalue weighted by Gasteiger charge is 2.07. The Morgan fingerprint density at radius 3 is 2.94 bits per heavy atom. The number of imidazole rings is 1. The minimum atomic E-state index is -0.577. The summed E-state index contributed by atoms with van der Waals surface area (Å²) in [6.07, 6.45) is 5.05. The van der Waals surface area contributed by atoms with Crippen molar-refractivity contribution in [2.24, 2.45) is 0 Å². The van der Waals surface area contributed by atoms with Crippen LogP contribution >= 0.6 is 0 Å². The van der Waals surface area contributed by atoms with Gasteiger partial charge in [-0.2, -0.15) is 0 Å². The fourth-order valence-electron chi connectivity index (χ4n) is 1.60. The molecular formula is C13H13F2N3. The summed E-state index contributed by atoms with van der Waals surface area (Å²) in [5.41, 5.74) is 0.413. The molecule has 0 aliphatic heterocycles. The SMILES string of the molecule is C=CCNc1nccn1Cc1ccc(F)cc1F. The van der Waals surface area contributed by atoms with E-state index in [0.29, 0.717) is 24.6 Å². The summed E-state index contributed by atoms with van der Waals surface area (Å²) in [6.45, 7) is 4.47. The molecule has 1 N–H and O–H groups in total. The Bertz CT molecular complexity index is 549. The third-order valence-electron chi connectivity index (χ3n) is 2.48. The van der Waals surface area contributed by atoms with Crippen LogP contribution in [0.15, 0.2) is 43.2 Å². The standard InChI is InChI=1S/C13H13F2N3/c1-2-5-16-13-17-6-7-18(13)9-10-3-4-11(14)8-12(10)15/h2-4,6-8H,1,5,9H2,(H,16,17). The molecule has 0 aliphatic rings. The molecular weight excluding hydrogens is 236 g/mol. The average molecular weight is 249 g/mol. The predicted molar refractivity (Wildman–Crippen MR) is 66.4 cm³/mol. The largest absolute Gasteiger partial charge is 0.352 e. The van der Waals surface area contributed by atoms with Crippen molar-refractivity contribution >= 4 is 5.95 Å². The van der Waals surface area contributed by atoms with Crippen LogP contribution in [0.5, 0.6) is 0 Å². The van der Waals surface area contributed by atoms with E-state index in [0.717, 1.165) is 6.07 Å². The summed E-state index contributed by atoms with van der Waals surface area (Å²) in [7, 11) is 0. The maximum absolute atomic E-state index is 13.5. The van der Waals surface area contributed by atoms with Gasteiger partial charge in [0.05, 0.1) is 6.54 Å². The van der Waals surface area contributed by atoms with Gasteiger partial charge < -0.3 is 9.88 Å². The van der Waals surface area contributed by atoms with E-state index in [9.17, 15) is 8.78 Å². The number of hydrogen-bond donors (Lipinski definition) is 1. The minimum Gasteiger partial charge on any atom is -0.352 e. The first-order valence-electron chi connectivity index (χ1n) is 5.50. The maximum Gasteiger partial charge on any atom is 0.203 e. The first-order chi connectivity index (χ1) is 8.70. The smallest absolute Gasteiger partial charge is 0.203 e. The van der Waals surface area contributed by atoms with E-state index in [-0.39, 0.29) is 0 Å². The lowest BCUT2D eigenvalue weighted by Gasteiger charge is -2.09. The molecule has 0 aliphatic carbocycles. The van der Waals surface area contributed by atoms with Gasteiger partial charge in [-0.3, -0.25) is 0 Å². The third-order valence-corrected chi connectivity index (χ3v) is 2.48. The molecule has 0 fully saturated rings. The average Bonchev–Trinajstić information content (AvgIpc) is 2.77. The van der Waals surface area contributed by atoms with E-state index in [1.54, 1.807) is 23.0 Å². The number of nitrogens with zero attached hydrogens (tertiary/aromatic N) is 2. The molecule has 0 spiro atoms. The van der Waals surface area contributed by atoms with E-state index < -0.39 is 11.6 Å². The van der Waals surface area contributed by atoms with Crippen molar-refractivity contribution < 1.29 is 8.78 Å². The second-order valence-electron chi connectivity index (χ2n) is 3.78. The number of hydrogen-bond acceptors (Lipinski definition) is 2. The normalized spacial score (nSPS) is 10.3. The zero-order valence-electron chi connectivity index (χ0n) is 9.74. The molecule has 0 atom stereocenters. The molecule has 0 saturated carbocycles. The number of nitrogens with one attached hydrogen (secondary N) is 1. The predicted octanol–water partition coefficient (Wildman–Crippen LogP) is 2.81. The summed E-state index contributed by atoms with van der Waals surface area (Å²) >= 11 is 0.